The van der Waals surface area contributed by atoms with E-state index >= 15 is 0 Å². The summed E-state index contributed by atoms with van der Waals surface area (Å²) >= 11 is 0. The first-order valence-corrected chi connectivity index (χ1v) is 10.1. The maximum Gasteiger partial charge on any atom is 0.265 e. The van der Waals surface area contributed by atoms with Crippen molar-refractivity contribution in [2.24, 2.45) is 0 Å². The highest BCUT2D eigenvalue weighted by Crippen LogP contribution is 2.23. The van der Waals surface area contributed by atoms with Crippen LogP contribution in [0.2, 0.25) is 0 Å². The summed E-state index contributed by atoms with van der Waals surface area (Å²) in [5.41, 5.74) is 1.51. The summed E-state index contributed by atoms with van der Waals surface area (Å²) in [4.78, 5) is 34.6. The molecule has 1 amide bonds. The minimum absolute atomic E-state index is 0.172. The molecule has 158 valence electrons. The number of rotatable bonds is 6. The number of fused-ring (bicyclic) bond motifs is 1. The van der Waals surface area contributed by atoms with Crippen LogP contribution in [0.1, 0.15) is 21.7 Å². The normalized spacial score (nSPS) is 15.1. The van der Waals surface area contributed by atoms with Crippen molar-refractivity contribution in [1.82, 2.24) is 19.4 Å². The molecule has 1 aromatic carbocycles. The van der Waals surface area contributed by atoms with Crippen LogP contribution in [0.15, 0.2) is 45.9 Å². The van der Waals surface area contributed by atoms with Gasteiger partial charge < -0.3 is 14.1 Å². The molecular weight excluding hydrogens is 384 g/mol. The predicted octanol–water partition coefficient (Wildman–Crippen LogP) is 1.90. The van der Waals surface area contributed by atoms with Crippen LogP contribution >= 0.6 is 0 Å². The van der Waals surface area contributed by atoms with Gasteiger partial charge in [-0.05, 0) is 12.5 Å². The number of ether oxygens (including phenoxy) is 1. The number of aromatic nitrogens is 2. The number of furan rings is 1. The largest absolute Gasteiger partial charge is 0.442 e. The average Bonchev–Trinajstić information content (AvgIpc) is 3.11. The monoisotopic (exact) mass is 410 g/mol. The van der Waals surface area contributed by atoms with Gasteiger partial charge in [0.1, 0.15) is 17.5 Å². The molecule has 0 N–H and O–H groups in total. The van der Waals surface area contributed by atoms with Gasteiger partial charge in [0, 0.05) is 39.8 Å². The molecule has 0 saturated carbocycles. The van der Waals surface area contributed by atoms with E-state index in [1.54, 1.807) is 18.9 Å². The van der Waals surface area contributed by atoms with Gasteiger partial charge in [-0.3, -0.25) is 19.1 Å². The standard InChI is InChI=1S/C22H26N4O4/c1-16-18(19-20(30-16)23-15-26(22(19)28)12-13-29-2)21(27)25-10-8-24(9-11-25)14-17-6-4-3-5-7-17/h3-7,15H,8-14H2,1-2H3. The molecule has 1 saturated heterocycles. The molecule has 0 bridgehead atoms. The number of benzene rings is 1. The van der Waals surface area contributed by atoms with E-state index in [9.17, 15) is 9.59 Å². The fourth-order valence-corrected chi connectivity index (χ4v) is 3.85. The number of nitrogens with zero attached hydrogens (tertiary/aromatic N) is 4. The summed E-state index contributed by atoms with van der Waals surface area (Å²) in [6, 6.07) is 10.3. The van der Waals surface area contributed by atoms with E-state index in [2.05, 4.69) is 22.0 Å². The Kier molecular flexibility index (Phi) is 5.96. The highest BCUT2D eigenvalue weighted by atomic mass is 16.5. The Morgan fingerprint density at radius 1 is 1.17 bits per heavy atom. The summed E-state index contributed by atoms with van der Waals surface area (Å²) in [7, 11) is 1.57. The number of carbonyl (C=O) groups excluding carboxylic acids is 1. The average molecular weight is 410 g/mol. The number of piperazine rings is 1. The number of hydrogen-bond donors (Lipinski definition) is 0. The van der Waals surface area contributed by atoms with Crippen molar-refractivity contribution in [3.05, 3.63) is 63.9 Å². The summed E-state index contributed by atoms with van der Waals surface area (Å²) in [5, 5.41) is 0.253. The molecule has 0 unspecified atom stereocenters. The molecule has 1 fully saturated rings. The summed E-state index contributed by atoms with van der Waals surface area (Å²) in [5.74, 6) is 0.254. The molecule has 1 aliphatic rings. The van der Waals surface area contributed by atoms with E-state index in [1.807, 2.05) is 18.2 Å². The fraction of sp³-hybridized carbons (Fsp3) is 0.409. The van der Waals surface area contributed by atoms with Gasteiger partial charge in [-0.25, -0.2) is 4.98 Å². The Balaban J connectivity index is 1.52. The van der Waals surface area contributed by atoms with Crippen LogP contribution in [0, 0.1) is 6.92 Å². The van der Waals surface area contributed by atoms with Crippen molar-refractivity contribution >= 4 is 17.0 Å². The third kappa shape index (κ3) is 4.01. The molecule has 3 heterocycles. The molecule has 4 rings (SSSR count). The highest BCUT2D eigenvalue weighted by molar-refractivity contribution is 6.06. The Bertz CT molecular complexity index is 1080. The quantitative estimate of drug-likeness (QED) is 0.618. The van der Waals surface area contributed by atoms with Crippen LogP contribution in [-0.2, 0) is 17.8 Å². The summed E-state index contributed by atoms with van der Waals surface area (Å²) in [6.07, 6.45) is 1.43. The smallest absolute Gasteiger partial charge is 0.265 e. The Morgan fingerprint density at radius 3 is 2.60 bits per heavy atom. The second kappa shape index (κ2) is 8.81. The number of hydrogen-bond acceptors (Lipinski definition) is 6. The van der Waals surface area contributed by atoms with Crippen LogP contribution in [-0.4, -0.2) is 65.2 Å². The van der Waals surface area contributed by atoms with E-state index in [0.29, 0.717) is 37.6 Å². The van der Waals surface area contributed by atoms with Crippen molar-refractivity contribution in [2.45, 2.75) is 20.0 Å². The molecule has 0 atom stereocenters. The molecule has 3 aromatic rings. The lowest BCUT2D eigenvalue weighted by molar-refractivity contribution is 0.0628. The molecule has 0 spiro atoms. The molecule has 1 aliphatic heterocycles. The number of carbonyl (C=O) groups is 1. The molecular formula is C22H26N4O4. The molecule has 8 nitrogen and oxygen atoms in total. The van der Waals surface area contributed by atoms with E-state index in [1.165, 1.54) is 16.5 Å². The van der Waals surface area contributed by atoms with Gasteiger partial charge in [0.25, 0.3) is 11.5 Å². The van der Waals surface area contributed by atoms with Crippen molar-refractivity contribution in [1.29, 1.82) is 0 Å². The second-order valence-electron chi connectivity index (χ2n) is 7.50. The lowest BCUT2D eigenvalue weighted by atomic mass is 10.1. The third-order valence-corrected chi connectivity index (χ3v) is 5.51. The predicted molar refractivity (Wildman–Crippen MR) is 113 cm³/mol. The summed E-state index contributed by atoms with van der Waals surface area (Å²) < 4.78 is 12.1. The van der Waals surface area contributed by atoms with Gasteiger partial charge >= 0.3 is 0 Å². The Morgan fingerprint density at radius 2 is 1.90 bits per heavy atom. The van der Waals surface area contributed by atoms with Crippen molar-refractivity contribution in [3.8, 4) is 0 Å². The Labute approximate surface area is 174 Å². The van der Waals surface area contributed by atoms with Crippen LogP contribution in [0.4, 0.5) is 0 Å². The highest BCUT2D eigenvalue weighted by Gasteiger charge is 2.29. The number of amides is 1. The third-order valence-electron chi connectivity index (χ3n) is 5.51. The maximum absolute atomic E-state index is 13.3. The van der Waals surface area contributed by atoms with Gasteiger partial charge in [-0.2, -0.15) is 0 Å². The topological polar surface area (TPSA) is 80.8 Å². The summed E-state index contributed by atoms with van der Waals surface area (Å²) in [6.45, 7) is 6.11. The SMILES string of the molecule is COCCn1cnc2oc(C)c(C(=O)N3CCN(Cc4ccccc4)CC3)c2c1=O. The minimum Gasteiger partial charge on any atom is -0.442 e. The van der Waals surface area contributed by atoms with Crippen molar-refractivity contribution < 1.29 is 13.9 Å². The molecule has 8 heteroatoms. The van der Waals surface area contributed by atoms with Crippen LogP contribution in [0.25, 0.3) is 11.1 Å². The lowest BCUT2D eigenvalue weighted by Crippen LogP contribution is -2.48. The molecule has 30 heavy (non-hydrogen) atoms. The number of methoxy groups -OCH3 is 1. The van der Waals surface area contributed by atoms with E-state index in [4.69, 9.17) is 9.15 Å². The molecule has 0 aliphatic carbocycles. The Hall–Kier alpha value is -2.97. The fourth-order valence-electron chi connectivity index (χ4n) is 3.85. The van der Waals surface area contributed by atoms with Crippen LogP contribution < -0.4 is 5.56 Å². The zero-order valence-electron chi connectivity index (χ0n) is 17.3. The van der Waals surface area contributed by atoms with E-state index < -0.39 is 0 Å². The van der Waals surface area contributed by atoms with Gasteiger partial charge in [-0.1, -0.05) is 30.3 Å². The number of aryl methyl sites for hydroxylation is 1. The molecule has 0 radical (unpaired) electrons. The van der Waals surface area contributed by atoms with Gasteiger partial charge in [0.05, 0.1) is 18.7 Å². The first-order chi connectivity index (χ1) is 14.6. The van der Waals surface area contributed by atoms with Crippen LogP contribution in [0.5, 0.6) is 0 Å². The zero-order valence-corrected chi connectivity index (χ0v) is 17.3. The van der Waals surface area contributed by atoms with Crippen molar-refractivity contribution in [2.75, 3.05) is 39.9 Å². The van der Waals surface area contributed by atoms with E-state index in [0.717, 1.165) is 19.6 Å². The minimum atomic E-state index is -0.278. The van der Waals surface area contributed by atoms with Gasteiger partial charge in [0.15, 0.2) is 0 Å². The van der Waals surface area contributed by atoms with Gasteiger partial charge in [0.2, 0.25) is 5.71 Å². The zero-order chi connectivity index (χ0) is 21.1. The second-order valence-corrected chi connectivity index (χ2v) is 7.50. The van der Waals surface area contributed by atoms with Crippen LogP contribution in [0.3, 0.4) is 0 Å². The van der Waals surface area contributed by atoms with Gasteiger partial charge in [-0.15, -0.1) is 0 Å². The van der Waals surface area contributed by atoms with E-state index in [-0.39, 0.29) is 22.6 Å². The maximum atomic E-state index is 13.3. The molecule has 2 aromatic heterocycles. The first kappa shape index (κ1) is 20.3. The van der Waals surface area contributed by atoms with Crippen molar-refractivity contribution in [3.63, 3.8) is 0 Å². The first-order valence-electron chi connectivity index (χ1n) is 10.1. The lowest BCUT2D eigenvalue weighted by Gasteiger charge is -2.34.